The van der Waals surface area contributed by atoms with E-state index < -0.39 is 0 Å². The van der Waals surface area contributed by atoms with Crippen molar-refractivity contribution in [3.63, 3.8) is 0 Å². The van der Waals surface area contributed by atoms with Gasteiger partial charge in [0.15, 0.2) is 24.4 Å². The number of carbonyl (C=O) groups is 1. The fraction of sp³-hybridized carbons (Fsp3) is 0.263. The molecule has 0 N–H and O–H groups in total. The third kappa shape index (κ3) is 4.12. The van der Waals surface area contributed by atoms with Gasteiger partial charge in [-0.3, -0.25) is 4.79 Å². The fourth-order valence-electron chi connectivity index (χ4n) is 2.34. The SMILES string of the molecule is CCC(CC)C(=O)c1ccc(C=C[n+]2ccccc2)cc1. The highest BCUT2D eigenvalue weighted by atomic mass is 16.1. The van der Waals surface area contributed by atoms with E-state index >= 15 is 0 Å². The van der Waals surface area contributed by atoms with Gasteiger partial charge in [0.1, 0.15) is 0 Å². The minimum absolute atomic E-state index is 0.145. The molecule has 0 aliphatic carbocycles. The third-order valence-corrected chi connectivity index (χ3v) is 3.73. The minimum atomic E-state index is 0.145. The van der Waals surface area contributed by atoms with E-state index in [0.717, 1.165) is 24.0 Å². The Kier molecular flexibility index (Phi) is 5.44. The van der Waals surface area contributed by atoms with Gasteiger partial charge in [0.05, 0.1) is 0 Å². The largest absolute Gasteiger partial charge is 0.294 e. The molecule has 1 aromatic heterocycles. The molecular weight excluding hydrogens is 258 g/mol. The molecule has 2 nitrogen and oxygen atoms in total. The summed E-state index contributed by atoms with van der Waals surface area (Å²) in [6.07, 6.45) is 9.81. The number of aromatic nitrogens is 1. The Morgan fingerprint density at radius 2 is 1.67 bits per heavy atom. The lowest BCUT2D eigenvalue weighted by molar-refractivity contribution is -0.567. The maximum atomic E-state index is 12.3. The van der Waals surface area contributed by atoms with Crippen LogP contribution in [-0.2, 0) is 0 Å². The van der Waals surface area contributed by atoms with Crippen molar-refractivity contribution >= 4 is 18.1 Å². The Morgan fingerprint density at radius 3 is 2.24 bits per heavy atom. The highest BCUT2D eigenvalue weighted by molar-refractivity contribution is 5.97. The van der Waals surface area contributed by atoms with Crippen LogP contribution in [0.15, 0.2) is 54.9 Å². The molecule has 108 valence electrons. The third-order valence-electron chi connectivity index (χ3n) is 3.73. The van der Waals surface area contributed by atoms with E-state index in [-0.39, 0.29) is 11.7 Å². The molecule has 2 aromatic rings. The maximum absolute atomic E-state index is 12.3. The molecule has 0 spiro atoms. The van der Waals surface area contributed by atoms with Crippen molar-refractivity contribution in [3.05, 3.63) is 66.0 Å². The summed E-state index contributed by atoms with van der Waals surface area (Å²) < 4.78 is 1.99. The Hall–Kier alpha value is -2.22. The van der Waals surface area contributed by atoms with Gasteiger partial charge in [0.25, 0.3) is 0 Å². The highest BCUT2D eigenvalue weighted by Crippen LogP contribution is 2.16. The van der Waals surface area contributed by atoms with Crippen LogP contribution in [-0.4, -0.2) is 5.78 Å². The molecule has 0 unspecified atom stereocenters. The van der Waals surface area contributed by atoms with Crippen molar-refractivity contribution in [2.24, 2.45) is 5.92 Å². The number of hydrogen-bond donors (Lipinski definition) is 0. The summed E-state index contributed by atoms with van der Waals surface area (Å²) in [7, 11) is 0. The van der Waals surface area contributed by atoms with Crippen LogP contribution in [0.3, 0.4) is 0 Å². The average molecular weight is 280 g/mol. The number of ketones is 1. The van der Waals surface area contributed by atoms with Crippen molar-refractivity contribution in [2.75, 3.05) is 0 Å². The predicted octanol–water partition coefficient (Wildman–Crippen LogP) is 4.22. The Balaban J connectivity index is 2.09. The zero-order valence-electron chi connectivity index (χ0n) is 12.7. The molecule has 2 rings (SSSR count). The number of pyridine rings is 1. The monoisotopic (exact) mass is 280 g/mol. The number of carbonyl (C=O) groups excluding carboxylic acids is 1. The topological polar surface area (TPSA) is 20.9 Å². The first kappa shape index (κ1) is 15.2. The number of rotatable bonds is 6. The van der Waals surface area contributed by atoms with Crippen LogP contribution in [0.5, 0.6) is 0 Å². The van der Waals surface area contributed by atoms with E-state index in [1.165, 1.54) is 0 Å². The van der Waals surface area contributed by atoms with Crippen LogP contribution in [0.2, 0.25) is 0 Å². The summed E-state index contributed by atoms with van der Waals surface area (Å²) in [5.41, 5.74) is 1.90. The number of benzene rings is 1. The predicted molar refractivity (Wildman–Crippen MR) is 86.7 cm³/mol. The normalized spacial score (nSPS) is 11.2. The molecule has 0 bridgehead atoms. The first-order valence-electron chi connectivity index (χ1n) is 7.52. The van der Waals surface area contributed by atoms with E-state index in [9.17, 15) is 4.79 Å². The van der Waals surface area contributed by atoms with Crippen LogP contribution in [0.1, 0.15) is 42.6 Å². The van der Waals surface area contributed by atoms with Gasteiger partial charge in [0, 0.05) is 29.7 Å². The van der Waals surface area contributed by atoms with E-state index in [4.69, 9.17) is 0 Å². The smallest absolute Gasteiger partial charge is 0.175 e. The zero-order valence-corrected chi connectivity index (χ0v) is 12.7. The second-order valence-corrected chi connectivity index (χ2v) is 5.14. The number of hydrogen-bond acceptors (Lipinski definition) is 1. The summed E-state index contributed by atoms with van der Waals surface area (Å²) >= 11 is 0. The van der Waals surface area contributed by atoms with Crippen molar-refractivity contribution in [1.82, 2.24) is 0 Å². The quantitative estimate of drug-likeness (QED) is 0.573. The van der Waals surface area contributed by atoms with Gasteiger partial charge in [-0.2, -0.15) is 4.57 Å². The van der Waals surface area contributed by atoms with Crippen LogP contribution in [0.4, 0.5) is 0 Å². The molecule has 0 radical (unpaired) electrons. The zero-order chi connectivity index (χ0) is 15.1. The minimum Gasteiger partial charge on any atom is -0.294 e. The molecule has 1 aromatic carbocycles. The summed E-state index contributed by atoms with van der Waals surface area (Å²) in [5.74, 6) is 0.402. The first-order valence-corrected chi connectivity index (χ1v) is 7.52. The fourth-order valence-corrected chi connectivity index (χ4v) is 2.34. The number of nitrogens with zero attached hydrogens (tertiary/aromatic N) is 1. The van der Waals surface area contributed by atoms with E-state index in [2.05, 4.69) is 13.8 Å². The second-order valence-electron chi connectivity index (χ2n) is 5.14. The Labute approximate surface area is 126 Å². The van der Waals surface area contributed by atoms with Crippen molar-refractivity contribution < 1.29 is 9.36 Å². The summed E-state index contributed by atoms with van der Waals surface area (Å²) in [6, 6.07) is 13.8. The Morgan fingerprint density at radius 1 is 1.05 bits per heavy atom. The van der Waals surface area contributed by atoms with Crippen LogP contribution in [0.25, 0.3) is 12.3 Å². The van der Waals surface area contributed by atoms with Gasteiger partial charge >= 0.3 is 0 Å². The van der Waals surface area contributed by atoms with Crippen LogP contribution >= 0.6 is 0 Å². The van der Waals surface area contributed by atoms with Gasteiger partial charge in [-0.15, -0.1) is 0 Å². The molecule has 0 atom stereocenters. The second kappa shape index (κ2) is 7.53. The molecule has 0 aliphatic rings. The molecule has 21 heavy (non-hydrogen) atoms. The lowest BCUT2D eigenvalue weighted by atomic mass is 9.93. The van der Waals surface area contributed by atoms with E-state index in [1.54, 1.807) is 0 Å². The van der Waals surface area contributed by atoms with Crippen molar-refractivity contribution in [1.29, 1.82) is 0 Å². The average Bonchev–Trinajstić information content (AvgIpc) is 2.55. The first-order chi connectivity index (χ1) is 10.2. The van der Waals surface area contributed by atoms with Gasteiger partial charge < -0.3 is 0 Å². The lowest BCUT2D eigenvalue weighted by Crippen LogP contribution is -2.23. The molecule has 0 aliphatic heterocycles. The highest BCUT2D eigenvalue weighted by Gasteiger charge is 2.15. The summed E-state index contributed by atoms with van der Waals surface area (Å²) in [4.78, 5) is 12.3. The van der Waals surface area contributed by atoms with Crippen molar-refractivity contribution in [2.45, 2.75) is 26.7 Å². The molecule has 0 saturated heterocycles. The van der Waals surface area contributed by atoms with E-state index in [0.29, 0.717) is 0 Å². The van der Waals surface area contributed by atoms with Crippen LogP contribution < -0.4 is 4.57 Å². The van der Waals surface area contributed by atoms with Gasteiger partial charge in [-0.1, -0.05) is 44.2 Å². The summed E-state index contributed by atoms with van der Waals surface area (Å²) in [6.45, 7) is 4.14. The van der Waals surface area contributed by atoms with Gasteiger partial charge in [0.2, 0.25) is 0 Å². The van der Waals surface area contributed by atoms with Crippen molar-refractivity contribution in [3.8, 4) is 0 Å². The molecule has 0 saturated carbocycles. The van der Waals surface area contributed by atoms with Crippen LogP contribution in [0, 0.1) is 5.92 Å². The lowest BCUT2D eigenvalue weighted by Gasteiger charge is -2.10. The molecule has 0 fully saturated rings. The molecule has 2 heteroatoms. The molecular formula is C19H22NO+. The maximum Gasteiger partial charge on any atom is 0.175 e. The summed E-state index contributed by atoms with van der Waals surface area (Å²) in [5, 5.41) is 0. The Bertz CT molecular complexity index is 595. The molecule has 0 amide bonds. The van der Waals surface area contributed by atoms with Gasteiger partial charge in [-0.25, -0.2) is 0 Å². The standard InChI is InChI=1S/C19H22NO/c1-3-17(4-2)19(21)18-10-8-16(9-11-18)12-15-20-13-6-5-7-14-20/h5-15,17H,3-4H2,1-2H3/q+1. The molecule has 1 heterocycles. The number of Topliss-reactive ketones (excluding diaryl/α,β-unsaturated/α-hetero) is 1. The van der Waals surface area contributed by atoms with Gasteiger partial charge in [-0.05, 0) is 18.4 Å². The van der Waals surface area contributed by atoms with E-state index in [1.807, 2.05) is 71.7 Å².